The van der Waals surface area contributed by atoms with E-state index in [0.29, 0.717) is 18.0 Å². The molecule has 0 spiro atoms. The van der Waals surface area contributed by atoms with Crippen LogP contribution in [0.3, 0.4) is 0 Å². The van der Waals surface area contributed by atoms with Gasteiger partial charge in [0.05, 0.1) is 0 Å². The molecule has 92 valence electrons. The third-order valence-corrected chi connectivity index (χ3v) is 4.40. The highest BCUT2D eigenvalue weighted by molar-refractivity contribution is 6.30. The number of nitrogens with one attached hydrogen (secondary N) is 1. The van der Waals surface area contributed by atoms with E-state index in [0.717, 1.165) is 30.7 Å². The Kier molecular flexibility index (Phi) is 3.10. The first-order valence-corrected chi connectivity index (χ1v) is 6.76. The first-order valence-electron chi connectivity index (χ1n) is 6.38. The molecule has 1 N–H and O–H groups in total. The van der Waals surface area contributed by atoms with E-state index in [-0.39, 0.29) is 0 Å². The third kappa shape index (κ3) is 2.34. The minimum absolute atomic E-state index is 0.382. The summed E-state index contributed by atoms with van der Waals surface area (Å²) in [6.45, 7) is 0. The van der Waals surface area contributed by atoms with Gasteiger partial charge in [0.1, 0.15) is 6.17 Å². The summed E-state index contributed by atoms with van der Waals surface area (Å²) in [5.41, 5.74) is 1.28. The quantitative estimate of drug-likeness (QED) is 0.801. The lowest BCUT2D eigenvalue weighted by atomic mass is 9.83. The molecule has 0 aromatic heterocycles. The van der Waals surface area contributed by atoms with Crippen molar-refractivity contribution in [2.75, 3.05) is 0 Å². The number of halogens is 2. The number of hydrogen-bond acceptors (Lipinski definition) is 1. The minimum atomic E-state index is -0.581. The molecule has 1 aliphatic heterocycles. The van der Waals surface area contributed by atoms with Crippen molar-refractivity contribution in [1.29, 1.82) is 0 Å². The average Bonchev–Trinajstić information content (AvgIpc) is 2.72. The van der Waals surface area contributed by atoms with Gasteiger partial charge in [-0.05, 0) is 49.3 Å². The zero-order valence-corrected chi connectivity index (χ0v) is 10.5. The predicted molar refractivity (Wildman–Crippen MR) is 68.0 cm³/mol. The fourth-order valence-electron chi connectivity index (χ4n) is 3.24. The Morgan fingerprint density at radius 2 is 1.88 bits per heavy atom. The van der Waals surface area contributed by atoms with Crippen molar-refractivity contribution >= 4 is 11.6 Å². The van der Waals surface area contributed by atoms with Crippen LogP contribution >= 0.6 is 11.6 Å². The first-order chi connectivity index (χ1) is 8.22. The molecular formula is C14H17ClFN. The van der Waals surface area contributed by atoms with Gasteiger partial charge in [0.2, 0.25) is 0 Å². The van der Waals surface area contributed by atoms with Crippen molar-refractivity contribution in [3.63, 3.8) is 0 Å². The van der Waals surface area contributed by atoms with Crippen LogP contribution in [0.15, 0.2) is 24.3 Å². The molecular weight excluding hydrogens is 237 g/mol. The fraction of sp³-hybridized carbons (Fsp3) is 0.571. The predicted octanol–water partition coefficient (Wildman–Crippen LogP) is 3.88. The molecule has 1 nitrogen and oxygen atoms in total. The normalized spacial score (nSPS) is 36.8. The van der Waals surface area contributed by atoms with E-state index in [1.807, 2.05) is 12.1 Å². The zero-order valence-electron chi connectivity index (χ0n) is 9.70. The number of benzene rings is 1. The summed E-state index contributed by atoms with van der Waals surface area (Å²) in [5, 5.41) is 4.41. The zero-order chi connectivity index (χ0) is 11.8. The van der Waals surface area contributed by atoms with Gasteiger partial charge in [-0.3, -0.25) is 0 Å². The van der Waals surface area contributed by atoms with Gasteiger partial charge in [-0.15, -0.1) is 0 Å². The molecule has 3 heteroatoms. The molecule has 2 fully saturated rings. The molecule has 3 rings (SSSR count). The van der Waals surface area contributed by atoms with Crippen LogP contribution in [0.2, 0.25) is 5.02 Å². The molecule has 4 atom stereocenters. The van der Waals surface area contributed by atoms with Gasteiger partial charge in [-0.1, -0.05) is 23.7 Å². The second-order valence-corrected chi connectivity index (χ2v) is 5.72. The summed E-state index contributed by atoms with van der Waals surface area (Å²) >= 11 is 5.89. The van der Waals surface area contributed by atoms with Crippen LogP contribution in [0, 0.1) is 5.92 Å². The number of hydrogen-bond donors (Lipinski definition) is 1. The van der Waals surface area contributed by atoms with Gasteiger partial charge in [-0.2, -0.15) is 0 Å². The van der Waals surface area contributed by atoms with E-state index >= 15 is 0 Å². The van der Waals surface area contributed by atoms with Crippen molar-refractivity contribution in [2.45, 2.75) is 43.9 Å². The van der Waals surface area contributed by atoms with Crippen LogP contribution in [-0.4, -0.2) is 12.2 Å². The van der Waals surface area contributed by atoms with Crippen molar-refractivity contribution in [1.82, 2.24) is 5.32 Å². The van der Waals surface area contributed by atoms with E-state index in [1.54, 1.807) is 0 Å². The van der Waals surface area contributed by atoms with Crippen LogP contribution in [0.25, 0.3) is 0 Å². The van der Waals surface area contributed by atoms with E-state index in [4.69, 9.17) is 11.6 Å². The van der Waals surface area contributed by atoms with Crippen molar-refractivity contribution < 1.29 is 4.39 Å². The van der Waals surface area contributed by atoms with Crippen LogP contribution in [0.5, 0.6) is 0 Å². The van der Waals surface area contributed by atoms with Gasteiger partial charge in [0.25, 0.3) is 0 Å². The lowest BCUT2D eigenvalue weighted by Gasteiger charge is -2.27. The summed E-state index contributed by atoms with van der Waals surface area (Å²) in [7, 11) is 0. The molecule has 0 radical (unpaired) electrons. The van der Waals surface area contributed by atoms with Crippen LogP contribution in [-0.2, 0) is 0 Å². The molecule has 1 aromatic rings. The van der Waals surface area contributed by atoms with Crippen molar-refractivity contribution in [2.24, 2.45) is 5.92 Å². The van der Waals surface area contributed by atoms with E-state index in [1.165, 1.54) is 5.56 Å². The largest absolute Gasteiger partial charge is 0.307 e. The summed E-state index contributed by atoms with van der Waals surface area (Å²) in [5.74, 6) is 0.513. The van der Waals surface area contributed by atoms with Crippen molar-refractivity contribution in [3.8, 4) is 0 Å². The maximum absolute atomic E-state index is 13.4. The van der Waals surface area contributed by atoms with Gasteiger partial charge in [0, 0.05) is 17.1 Å². The molecule has 1 saturated heterocycles. The molecule has 0 bridgehead atoms. The van der Waals surface area contributed by atoms with Crippen LogP contribution < -0.4 is 5.32 Å². The van der Waals surface area contributed by atoms with Gasteiger partial charge in [-0.25, -0.2) is 4.39 Å². The van der Waals surface area contributed by atoms with Crippen molar-refractivity contribution in [3.05, 3.63) is 34.9 Å². The highest BCUT2D eigenvalue weighted by Crippen LogP contribution is 2.40. The smallest absolute Gasteiger partial charge is 0.100 e. The molecule has 2 aliphatic rings. The van der Waals surface area contributed by atoms with E-state index in [9.17, 15) is 4.39 Å². The number of rotatable bonds is 1. The third-order valence-electron chi connectivity index (χ3n) is 4.14. The Bertz CT molecular complexity index is 392. The Morgan fingerprint density at radius 1 is 1.12 bits per heavy atom. The SMILES string of the molecule is FC1CCC2NC(c3ccc(Cl)cc3)CC2C1. The summed E-state index contributed by atoms with van der Waals surface area (Å²) in [6, 6.07) is 8.90. The standard InChI is InChI=1S/C14H17ClFN/c15-11-3-1-9(2-4-11)14-8-10-7-12(16)5-6-13(10)17-14/h1-4,10,12-14,17H,5-8H2. The van der Waals surface area contributed by atoms with E-state index < -0.39 is 6.17 Å². The highest BCUT2D eigenvalue weighted by atomic mass is 35.5. The minimum Gasteiger partial charge on any atom is -0.307 e. The van der Waals surface area contributed by atoms with E-state index in [2.05, 4.69) is 17.4 Å². The second-order valence-electron chi connectivity index (χ2n) is 5.28. The molecule has 17 heavy (non-hydrogen) atoms. The maximum atomic E-state index is 13.4. The maximum Gasteiger partial charge on any atom is 0.100 e. The number of fused-ring (bicyclic) bond motifs is 1. The van der Waals surface area contributed by atoms with Crippen LogP contribution in [0.4, 0.5) is 4.39 Å². The summed E-state index contributed by atoms with van der Waals surface area (Å²) < 4.78 is 13.4. The fourth-order valence-corrected chi connectivity index (χ4v) is 3.37. The summed E-state index contributed by atoms with van der Waals surface area (Å²) in [4.78, 5) is 0. The topological polar surface area (TPSA) is 12.0 Å². The second kappa shape index (κ2) is 4.58. The Hall–Kier alpha value is -0.600. The Balaban J connectivity index is 1.73. The number of alkyl halides is 1. The lowest BCUT2D eigenvalue weighted by molar-refractivity contribution is 0.186. The molecule has 1 aliphatic carbocycles. The average molecular weight is 254 g/mol. The monoisotopic (exact) mass is 253 g/mol. The van der Waals surface area contributed by atoms with Crippen LogP contribution in [0.1, 0.15) is 37.3 Å². The Labute approximate surface area is 106 Å². The van der Waals surface area contributed by atoms with Gasteiger partial charge < -0.3 is 5.32 Å². The Morgan fingerprint density at radius 3 is 2.65 bits per heavy atom. The molecule has 1 heterocycles. The van der Waals surface area contributed by atoms with Gasteiger partial charge in [0.15, 0.2) is 0 Å². The molecule has 0 amide bonds. The molecule has 4 unspecified atom stereocenters. The molecule has 1 saturated carbocycles. The first kappa shape index (κ1) is 11.5. The molecule has 1 aromatic carbocycles. The summed E-state index contributed by atoms with van der Waals surface area (Å²) in [6.07, 6.45) is 2.92. The lowest BCUT2D eigenvalue weighted by Crippen LogP contribution is -2.33. The highest BCUT2D eigenvalue weighted by Gasteiger charge is 2.38. The van der Waals surface area contributed by atoms with Gasteiger partial charge >= 0.3 is 0 Å².